The number of rotatable bonds is 3. The Morgan fingerprint density at radius 3 is 2.44 bits per heavy atom. The van der Waals surface area contributed by atoms with Gasteiger partial charge in [0.1, 0.15) is 28.7 Å². The molecule has 1 aliphatic heterocycles. The largest absolute Gasteiger partial charge is 0.477 e. The smallest absolute Gasteiger partial charge is 0.341 e. The number of hydrogen-bond acceptors (Lipinski definition) is 4. The van der Waals surface area contributed by atoms with Crippen molar-refractivity contribution >= 4 is 28.2 Å². The first-order valence-electron chi connectivity index (χ1n) is 10.0. The van der Waals surface area contributed by atoms with E-state index in [0.717, 1.165) is 34.5 Å². The monoisotopic (exact) mass is 469 g/mol. The average Bonchev–Trinajstić information content (AvgIpc) is 3.20. The Bertz CT molecular complexity index is 1580. The molecule has 0 saturated carbocycles. The van der Waals surface area contributed by atoms with Crippen molar-refractivity contribution in [2.24, 2.45) is 0 Å². The number of aromatic nitrogens is 1. The number of anilines is 2. The van der Waals surface area contributed by atoms with E-state index in [-0.39, 0.29) is 13.1 Å². The van der Waals surface area contributed by atoms with E-state index in [2.05, 4.69) is 0 Å². The number of nitrogens with two attached hydrogens (primary N) is 1. The minimum Gasteiger partial charge on any atom is -0.477 e. The molecule has 0 saturated heterocycles. The van der Waals surface area contributed by atoms with E-state index < -0.39 is 62.5 Å². The minimum absolute atomic E-state index is 0.0870. The fourth-order valence-electron chi connectivity index (χ4n) is 4.32. The molecule has 2 heterocycles. The molecule has 1 aromatic heterocycles. The first-order valence-corrected chi connectivity index (χ1v) is 10.0. The number of nitrogens with zero attached hydrogens (tertiary/aromatic N) is 2. The maximum atomic E-state index is 16.0. The van der Waals surface area contributed by atoms with Crippen LogP contribution in [0.2, 0.25) is 0 Å². The topological polar surface area (TPSA) is 88.6 Å². The van der Waals surface area contributed by atoms with Gasteiger partial charge >= 0.3 is 5.97 Å². The number of pyridine rings is 1. The van der Waals surface area contributed by atoms with Gasteiger partial charge in [0.2, 0.25) is 5.43 Å². The summed E-state index contributed by atoms with van der Waals surface area (Å²) in [6, 6.07) is 8.27. The molecule has 10 heteroatoms. The summed E-state index contributed by atoms with van der Waals surface area (Å²) in [5, 5.41) is 8.83. The van der Waals surface area contributed by atoms with Crippen LogP contribution in [0.3, 0.4) is 0 Å². The predicted octanol–water partition coefficient (Wildman–Crippen LogP) is 4.35. The summed E-state index contributed by atoms with van der Waals surface area (Å²) in [6.07, 6.45) is 0.741. The van der Waals surface area contributed by atoms with Crippen LogP contribution in [-0.4, -0.2) is 15.6 Å². The third-order valence-corrected chi connectivity index (χ3v) is 5.89. The van der Waals surface area contributed by atoms with E-state index in [9.17, 15) is 23.5 Å². The summed E-state index contributed by atoms with van der Waals surface area (Å²) in [5.41, 5.74) is 4.49. The molecule has 0 radical (unpaired) electrons. The van der Waals surface area contributed by atoms with Crippen molar-refractivity contribution in [2.75, 3.05) is 10.6 Å². The summed E-state index contributed by atoms with van der Waals surface area (Å²) < 4.78 is 60.0. The molecule has 1 aliphatic rings. The highest BCUT2D eigenvalue weighted by Gasteiger charge is 2.30. The molecular weight excluding hydrogens is 454 g/mol. The van der Waals surface area contributed by atoms with Crippen LogP contribution in [0.4, 0.5) is 28.9 Å². The lowest BCUT2D eigenvalue weighted by molar-refractivity contribution is 0.0695. The zero-order chi connectivity index (χ0) is 24.3. The molecular formula is C24H15F4N3O3. The van der Waals surface area contributed by atoms with E-state index in [0.29, 0.717) is 17.3 Å². The maximum absolute atomic E-state index is 16.0. The van der Waals surface area contributed by atoms with Crippen LogP contribution < -0.4 is 16.1 Å². The molecule has 6 nitrogen and oxygen atoms in total. The lowest BCUT2D eigenvalue weighted by Gasteiger charge is -2.22. The van der Waals surface area contributed by atoms with Gasteiger partial charge in [0.15, 0.2) is 5.82 Å². The van der Waals surface area contributed by atoms with Crippen LogP contribution in [-0.2, 0) is 13.1 Å². The average molecular weight is 469 g/mol. The van der Waals surface area contributed by atoms with Crippen LogP contribution in [0.5, 0.6) is 0 Å². The van der Waals surface area contributed by atoms with Crippen LogP contribution in [0.25, 0.3) is 16.6 Å². The molecule has 3 aromatic carbocycles. The minimum atomic E-state index is -1.67. The third kappa shape index (κ3) is 3.18. The molecule has 3 N–H and O–H groups in total. The second-order valence-corrected chi connectivity index (χ2v) is 7.90. The van der Waals surface area contributed by atoms with Gasteiger partial charge in [-0.05, 0) is 35.4 Å². The Morgan fingerprint density at radius 1 is 1.00 bits per heavy atom. The molecule has 172 valence electrons. The van der Waals surface area contributed by atoms with Gasteiger partial charge in [-0.25, -0.2) is 22.4 Å². The summed E-state index contributed by atoms with van der Waals surface area (Å²) in [5.74, 6) is -6.00. The molecule has 4 aromatic rings. The van der Waals surface area contributed by atoms with Gasteiger partial charge in [-0.3, -0.25) is 4.79 Å². The summed E-state index contributed by atoms with van der Waals surface area (Å²) in [6.45, 7) is 0.214. The van der Waals surface area contributed by atoms with Gasteiger partial charge < -0.3 is 20.3 Å². The Labute approximate surface area is 189 Å². The first-order chi connectivity index (χ1) is 16.2. The number of carboxylic acids is 1. The van der Waals surface area contributed by atoms with Gasteiger partial charge in [0.05, 0.1) is 16.6 Å². The second kappa shape index (κ2) is 7.62. The van der Waals surface area contributed by atoms with E-state index >= 15 is 8.78 Å². The zero-order valence-electron chi connectivity index (χ0n) is 17.3. The molecule has 0 spiro atoms. The Kier molecular flexibility index (Phi) is 4.82. The lowest BCUT2D eigenvalue weighted by atomic mass is 10.1. The van der Waals surface area contributed by atoms with E-state index in [1.165, 1.54) is 4.90 Å². The van der Waals surface area contributed by atoms with Gasteiger partial charge in [-0.15, -0.1) is 0 Å². The molecule has 0 aliphatic carbocycles. The normalized spacial score (nSPS) is 12.9. The van der Waals surface area contributed by atoms with Gasteiger partial charge in [-0.1, -0.05) is 12.1 Å². The number of carboxylic acid groups (broad SMARTS) is 1. The fourth-order valence-corrected chi connectivity index (χ4v) is 4.32. The first kappa shape index (κ1) is 21.5. The fraction of sp³-hybridized carbons (Fsp3) is 0.0833. The van der Waals surface area contributed by atoms with Crippen molar-refractivity contribution in [1.29, 1.82) is 0 Å². The number of fused-ring (bicyclic) bond motifs is 2. The summed E-state index contributed by atoms with van der Waals surface area (Å²) >= 11 is 0. The Balaban J connectivity index is 1.82. The Hall–Kier alpha value is -4.34. The molecule has 0 bridgehead atoms. The summed E-state index contributed by atoms with van der Waals surface area (Å²) in [7, 11) is 0. The highest BCUT2D eigenvalue weighted by Crippen LogP contribution is 2.37. The second-order valence-electron chi connectivity index (χ2n) is 7.90. The summed E-state index contributed by atoms with van der Waals surface area (Å²) in [4.78, 5) is 25.7. The van der Waals surface area contributed by atoms with Crippen molar-refractivity contribution in [2.45, 2.75) is 13.1 Å². The van der Waals surface area contributed by atoms with Crippen LogP contribution >= 0.6 is 0 Å². The van der Waals surface area contributed by atoms with Gasteiger partial charge in [0.25, 0.3) is 0 Å². The van der Waals surface area contributed by atoms with E-state index in [1.807, 2.05) is 0 Å². The predicted molar refractivity (Wildman–Crippen MR) is 117 cm³/mol. The van der Waals surface area contributed by atoms with Crippen molar-refractivity contribution < 1.29 is 27.5 Å². The van der Waals surface area contributed by atoms with Crippen molar-refractivity contribution in [3.63, 3.8) is 0 Å². The molecule has 0 atom stereocenters. The highest BCUT2D eigenvalue weighted by atomic mass is 19.1. The lowest BCUT2D eigenvalue weighted by Crippen LogP contribution is -2.23. The van der Waals surface area contributed by atoms with E-state index in [1.54, 1.807) is 18.2 Å². The van der Waals surface area contributed by atoms with Crippen molar-refractivity contribution in [3.8, 4) is 5.69 Å². The third-order valence-electron chi connectivity index (χ3n) is 5.89. The van der Waals surface area contributed by atoms with Gasteiger partial charge in [0, 0.05) is 31.0 Å². The standard InChI is InChI=1S/C24H15F4N3O3/c25-12-4-5-19(16(26)6-12)31-10-15(24(33)34)23(32)13-7-17(27)22(20(28)21(13)31)30-8-11-2-1-3-18(29)14(11)9-30/h1-7,10H,8-9,29H2,(H,33,34). The van der Waals surface area contributed by atoms with Gasteiger partial charge in [-0.2, -0.15) is 0 Å². The SMILES string of the molecule is Nc1cccc2c1CN(c1c(F)cc3c(=O)c(C(=O)O)cn(-c4ccc(F)cc4F)c3c1F)C2. The molecule has 0 fully saturated rings. The van der Waals surface area contributed by atoms with Crippen LogP contribution in [0.1, 0.15) is 21.5 Å². The molecule has 5 rings (SSSR count). The molecule has 34 heavy (non-hydrogen) atoms. The number of carbonyl (C=O) groups is 1. The van der Waals surface area contributed by atoms with E-state index in [4.69, 9.17) is 5.73 Å². The van der Waals surface area contributed by atoms with Crippen LogP contribution in [0, 0.1) is 23.3 Å². The van der Waals surface area contributed by atoms with Crippen LogP contribution in [0.15, 0.2) is 53.5 Å². The highest BCUT2D eigenvalue weighted by molar-refractivity contribution is 5.94. The molecule has 0 amide bonds. The number of hydrogen-bond donors (Lipinski definition) is 2. The van der Waals surface area contributed by atoms with Crippen molar-refractivity contribution in [3.05, 3.63) is 98.8 Å². The zero-order valence-corrected chi connectivity index (χ0v) is 17.3. The number of aromatic carboxylic acids is 1. The Morgan fingerprint density at radius 2 is 1.76 bits per heavy atom. The van der Waals surface area contributed by atoms with Crippen molar-refractivity contribution in [1.82, 2.24) is 4.57 Å². The number of nitrogen functional groups attached to an aromatic ring is 1. The quantitative estimate of drug-likeness (QED) is 0.344. The number of halogens is 4. The molecule has 0 unspecified atom stereocenters. The maximum Gasteiger partial charge on any atom is 0.341 e. The number of benzene rings is 3.